The van der Waals surface area contributed by atoms with Crippen LogP contribution in [0, 0.1) is 0 Å². The Morgan fingerprint density at radius 2 is 1.29 bits per heavy atom. The number of nitrogens with zero attached hydrogens (tertiary/aromatic N) is 1. The summed E-state index contributed by atoms with van der Waals surface area (Å²) in [4.78, 5) is 48.3. The fourth-order valence-corrected chi connectivity index (χ4v) is 1.56. The number of imide groups is 1. The van der Waals surface area contributed by atoms with Crippen LogP contribution in [-0.4, -0.2) is 53.3 Å². The first-order chi connectivity index (χ1) is 10.7. The molecule has 0 radical (unpaired) electrons. The molecule has 0 aromatic rings. The molecule has 0 aliphatic carbocycles. The molecule has 0 heterocycles. The van der Waals surface area contributed by atoms with E-state index in [0.29, 0.717) is 4.90 Å². The minimum atomic E-state index is -1.59. The van der Waals surface area contributed by atoms with Crippen LogP contribution >= 0.6 is 0 Å². The Bertz CT molecular complexity index is 475. The molecule has 0 spiro atoms. The van der Waals surface area contributed by atoms with Crippen LogP contribution in [0.4, 0.5) is 9.59 Å². The number of carbonyl (C=O) groups excluding carboxylic acids is 4. The maximum atomic E-state index is 12.4. The Morgan fingerprint density at radius 1 is 0.917 bits per heavy atom. The third kappa shape index (κ3) is 7.80. The molecule has 0 saturated heterocycles. The molecular weight excluding hydrogens is 320 g/mol. The van der Waals surface area contributed by atoms with Crippen LogP contribution in [0.1, 0.15) is 48.0 Å². The lowest BCUT2D eigenvalue weighted by atomic mass is 10.1. The minimum Gasteiger partial charge on any atom is -0.467 e. The summed E-state index contributed by atoms with van der Waals surface area (Å²) in [5.41, 5.74) is 3.22. The number of rotatable bonds is 4. The highest BCUT2D eigenvalue weighted by Crippen LogP contribution is 2.18. The van der Waals surface area contributed by atoms with Crippen LogP contribution in [0.2, 0.25) is 0 Å². The van der Waals surface area contributed by atoms with Crippen molar-refractivity contribution in [2.75, 3.05) is 7.11 Å². The molecule has 2 N–H and O–H groups in total. The molecule has 138 valence electrons. The Hall–Kier alpha value is -2.32. The lowest BCUT2D eigenvalue weighted by molar-refractivity contribution is -0.148. The van der Waals surface area contributed by atoms with E-state index >= 15 is 0 Å². The molecule has 1 atom stereocenters. The highest BCUT2D eigenvalue weighted by Gasteiger charge is 2.41. The van der Waals surface area contributed by atoms with Crippen molar-refractivity contribution < 1.29 is 33.4 Å². The summed E-state index contributed by atoms with van der Waals surface area (Å²) >= 11 is 0. The zero-order valence-electron chi connectivity index (χ0n) is 15.2. The number of hydrogen-bond acceptors (Lipinski definition) is 7. The third-order valence-electron chi connectivity index (χ3n) is 2.36. The number of carbonyl (C=O) groups is 4. The van der Waals surface area contributed by atoms with Crippen LogP contribution in [-0.2, 0) is 23.8 Å². The van der Waals surface area contributed by atoms with Gasteiger partial charge in [-0.25, -0.2) is 14.4 Å². The van der Waals surface area contributed by atoms with Crippen molar-refractivity contribution in [3.8, 4) is 0 Å². The Morgan fingerprint density at radius 3 is 1.54 bits per heavy atom. The molecule has 0 saturated carbocycles. The van der Waals surface area contributed by atoms with E-state index in [4.69, 9.17) is 15.2 Å². The zero-order chi connectivity index (χ0) is 19.3. The van der Waals surface area contributed by atoms with Gasteiger partial charge in [-0.05, 0) is 41.5 Å². The van der Waals surface area contributed by atoms with Crippen molar-refractivity contribution in [3.63, 3.8) is 0 Å². The number of ether oxygens (including phenoxy) is 3. The van der Waals surface area contributed by atoms with E-state index in [0.717, 1.165) is 7.11 Å². The Kier molecular flexibility index (Phi) is 7.21. The normalized spacial score (nSPS) is 12.8. The zero-order valence-corrected chi connectivity index (χ0v) is 15.2. The summed E-state index contributed by atoms with van der Waals surface area (Å²) in [6, 6.07) is -1.59. The molecule has 0 aliphatic rings. The molecule has 9 heteroatoms. The van der Waals surface area contributed by atoms with Gasteiger partial charge in [0, 0.05) is 0 Å². The second-order valence-corrected chi connectivity index (χ2v) is 7.04. The van der Waals surface area contributed by atoms with Crippen molar-refractivity contribution in [2.24, 2.45) is 5.73 Å². The van der Waals surface area contributed by atoms with Gasteiger partial charge in [-0.3, -0.25) is 4.79 Å². The Labute approximate surface area is 141 Å². The third-order valence-corrected chi connectivity index (χ3v) is 2.36. The van der Waals surface area contributed by atoms with Gasteiger partial charge < -0.3 is 19.9 Å². The molecule has 9 nitrogen and oxygen atoms in total. The second-order valence-electron chi connectivity index (χ2n) is 7.04. The van der Waals surface area contributed by atoms with E-state index in [1.54, 1.807) is 41.5 Å². The molecular formula is C15H26N2O7. The Balaban J connectivity index is 5.79. The predicted molar refractivity (Wildman–Crippen MR) is 83.9 cm³/mol. The summed E-state index contributed by atoms with van der Waals surface area (Å²) in [7, 11) is 1.05. The molecule has 0 unspecified atom stereocenters. The maximum Gasteiger partial charge on any atom is 0.420 e. The van der Waals surface area contributed by atoms with Crippen molar-refractivity contribution in [1.29, 1.82) is 0 Å². The quantitative estimate of drug-likeness (QED) is 0.605. The van der Waals surface area contributed by atoms with Gasteiger partial charge in [0.05, 0.1) is 13.5 Å². The molecule has 0 rings (SSSR count). The first-order valence-corrected chi connectivity index (χ1v) is 7.29. The van der Waals surface area contributed by atoms with Crippen LogP contribution in [0.15, 0.2) is 0 Å². The van der Waals surface area contributed by atoms with Crippen LogP contribution < -0.4 is 5.73 Å². The largest absolute Gasteiger partial charge is 0.467 e. The van der Waals surface area contributed by atoms with Gasteiger partial charge in [0.2, 0.25) is 5.91 Å². The van der Waals surface area contributed by atoms with Crippen molar-refractivity contribution in [2.45, 2.75) is 65.2 Å². The average molecular weight is 346 g/mol. The van der Waals surface area contributed by atoms with Gasteiger partial charge >= 0.3 is 18.2 Å². The van der Waals surface area contributed by atoms with E-state index in [1.807, 2.05) is 0 Å². The highest BCUT2D eigenvalue weighted by atomic mass is 16.6. The molecule has 0 aliphatic heterocycles. The molecule has 3 amide bonds. The van der Waals surface area contributed by atoms with Crippen LogP contribution in [0.5, 0.6) is 0 Å². The summed E-state index contributed by atoms with van der Waals surface area (Å²) in [6.45, 7) is 9.50. The van der Waals surface area contributed by atoms with E-state index in [1.165, 1.54) is 0 Å². The lowest BCUT2D eigenvalue weighted by Crippen LogP contribution is -2.53. The topological polar surface area (TPSA) is 125 Å². The van der Waals surface area contributed by atoms with E-state index in [-0.39, 0.29) is 0 Å². The monoisotopic (exact) mass is 346 g/mol. The van der Waals surface area contributed by atoms with Crippen molar-refractivity contribution in [1.82, 2.24) is 4.90 Å². The van der Waals surface area contributed by atoms with Gasteiger partial charge in [-0.15, -0.1) is 0 Å². The molecule has 0 aromatic carbocycles. The van der Waals surface area contributed by atoms with E-state index in [9.17, 15) is 19.2 Å². The number of amides is 3. The molecule has 0 fully saturated rings. The van der Waals surface area contributed by atoms with Gasteiger partial charge in [0.1, 0.15) is 11.2 Å². The van der Waals surface area contributed by atoms with Gasteiger partial charge in [0.25, 0.3) is 0 Å². The fraction of sp³-hybridized carbons (Fsp3) is 0.733. The number of methoxy groups -OCH3 is 1. The summed E-state index contributed by atoms with van der Waals surface area (Å²) in [6.07, 6.45) is -2.91. The number of primary amides is 1. The maximum absolute atomic E-state index is 12.4. The summed E-state index contributed by atoms with van der Waals surface area (Å²) in [5.74, 6) is -1.90. The molecule has 24 heavy (non-hydrogen) atoms. The first kappa shape index (κ1) is 21.7. The smallest absolute Gasteiger partial charge is 0.420 e. The predicted octanol–water partition coefficient (Wildman–Crippen LogP) is 1.58. The number of esters is 1. The van der Waals surface area contributed by atoms with Crippen molar-refractivity contribution in [3.05, 3.63) is 0 Å². The summed E-state index contributed by atoms with van der Waals surface area (Å²) < 4.78 is 14.8. The fourth-order valence-electron chi connectivity index (χ4n) is 1.56. The van der Waals surface area contributed by atoms with Gasteiger partial charge in [0.15, 0.2) is 6.04 Å². The second kappa shape index (κ2) is 7.98. The molecule has 0 bridgehead atoms. The summed E-state index contributed by atoms with van der Waals surface area (Å²) in [5, 5.41) is 0. The van der Waals surface area contributed by atoms with Crippen LogP contribution in [0.25, 0.3) is 0 Å². The van der Waals surface area contributed by atoms with Crippen LogP contribution in [0.3, 0.4) is 0 Å². The average Bonchev–Trinajstić information content (AvgIpc) is 2.31. The standard InChI is InChI=1S/C15H26N2O7/c1-14(2,3)23-12(20)17(13(21)24-15(4,5)6)9(8-10(16)18)11(19)22-7/h9H,8H2,1-7H3,(H2,16,18)/t9-/m0/s1. The number of nitrogens with two attached hydrogens (primary N) is 1. The molecule has 0 aromatic heterocycles. The van der Waals surface area contributed by atoms with E-state index < -0.39 is 47.7 Å². The van der Waals surface area contributed by atoms with Crippen molar-refractivity contribution >= 4 is 24.1 Å². The lowest BCUT2D eigenvalue weighted by Gasteiger charge is -2.31. The van der Waals surface area contributed by atoms with Gasteiger partial charge in [-0.1, -0.05) is 0 Å². The number of hydrogen-bond donors (Lipinski definition) is 1. The highest BCUT2D eigenvalue weighted by molar-refractivity contribution is 5.96. The van der Waals surface area contributed by atoms with Gasteiger partial charge in [-0.2, -0.15) is 4.90 Å². The SMILES string of the molecule is COC(=O)[C@H](CC(N)=O)N(C(=O)OC(C)(C)C)C(=O)OC(C)(C)C. The minimum absolute atomic E-state index is 0.410. The first-order valence-electron chi connectivity index (χ1n) is 7.29. The van der Waals surface area contributed by atoms with E-state index in [2.05, 4.69) is 4.74 Å².